The van der Waals surface area contributed by atoms with Gasteiger partial charge in [-0.25, -0.2) is 4.57 Å². The third-order valence-corrected chi connectivity index (χ3v) is 4.05. The molecule has 0 aliphatic rings. The van der Waals surface area contributed by atoms with Crippen LogP contribution in [-0.4, -0.2) is 35.6 Å². The van der Waals surface area contributed by atoms with Crippen molar-refractivity contribution in [3.63, 3.8) is 0 Å². The summed E-state index contributed by atoms with van der Waals surface area (Å²) in [5, 5.41) is 3.12. The zero-order valence-electron chi connectivity index (χ0n) is 14.2. The number of nitrogens with two attached hydrogens (primary N) is 1. The number of anilines is 1. The molecule has 8 nitrogen and oxygen atoms in total. The quantitative estimate of drug-likeness (QED) is 0.387. The van der Waals surface area contributed by atoms with Crippen LogP contribution in [0.5, 0.6) is 0 Å². The number of rotatable bonds is 5. The Morgan fingerprint density at radius 3 is 3.00 bits per heavy atom. The summed E-state index contributed by atoms with van der Waals surface area (Å²) in [6.45, 7) is 1.02. The molecule has 3 aromatic heterocycles. The van der Waals surface area contributed by atoms with Crippen molar-refractivity contribution in [2.45, 2.75) is 6.42 Å². The summed E-state index contributed by atoms with van der Waals surface area (Å²) >= 11 is 0. The Hall–Kier alpha value is -3.00. The third-order valence-electron chi connectivity index (χ3n) is 4.05. The SMILES string of the molecule is COCCCNC(=O)c1cc2c(=O)n3ccccc3nc2[n+](C)c1N. The van der Waals surface area contributed by atoms with Crippen LogP contribution < -0.4 is 21.2 Å². The number of amides is 1. The van der Waals surface area contributed by atoms with Crippen LogP contribution in [-0.2, 0) is 11.8 Å². The summed E-state index contributed by atoms with van der Waals surface area (Å²) in [5.74, 6) is -0.0763. The van der Waals surface area contributed by atoms with Gasteiger partial charge in [0.15, 0.2) is 0 Å². The number of fused-ring (bicyclic) bond motifs is 2. The highest BCUT2D eigenvalue weighted by atomic mass is 16.5. The molecular formula is C17H20N5O3+. The summed E-state index contributed by atoms with van der Waals surface area (Å²) in [7, 11) is 3.29. The molecule has 0 atom stereocenters. The molecule has 0 aromatic carbocycles. The second kappa shape index (κ2) is 6.86. The molecule has 3 heterocycles. The van der Waals surface area contributed by atoms with Crippen LogP contribution in [0.25, 0.3) is 16.7 Å². The van der Waals surface area contributed by atoms with E-state index in [0.29, 0.717) is 36.3 Å². The predicted molar refractivity (Wildman–Crippen MR) is 93.4 cm³/mol. The number of aromatic nitrogens is 3. The molecule has 0 fully saturated rings. The molecule has 3 N–H and O–H groups in total. The maximum atomic E-state index is 12.7. The Labute approximate surface area is 143 Å². The average Bonchev–Trinajstić information content (AvgIpc) is 2.62. The van der Waals surface area contributed by atoms with Gasteiger partial charge < -0.3 is 15.8 Å². The van der Waals surface area contributed by atoms with E-state index in [0.717, 1.165) is 0 Å². The van der Waals surface area contributed by atoms with Crippen LogP contribution in [0.4, 0.5) is 5.82 Å². The standard InChI is InChI=1S/C17H19N5O3/c1-21-14(18)11(16(23)19-7-5-9-25-2)10-12-15(21)20-13-6-3-4-8-22(13)17(12)24/h3-4,6,8,10,18H,5,7,9H2,1-2H3,(H,19,23)/p+1. The summed E-state index contributed by atoms with van der Waals surface area (Å²) in [4.78, 5) is 29.7. The second-order valence-corrected chi connectivity index (χ2v) is 5.69. The van der Waals surface area contributed by atoms with Crippen molar-refractivity contribution >= 4 is 28.4 Å². The Kier molecular flexibility index (Phi) is 4.62. The van der Waals surface area contributed by atoms with E-state index in [9.17, 15) is 9.59 Å². The number of nitrogens with one attached hydrogen (secondary N) is 1. The van der Waals surface area contributed by atoms with Crippen molar-refractivity contribution in [3.8, 4) is 0 Å². The van der Waals surface area contributed by atoms with E-state index >= 15 is 0 Å². The van der Waals surface area contributed by atoms with E-state index in [-0.39, 0.29) is 22.8 Å². The number of aryl methyl sites for hydroxylation is 1. The van der Waals surface area contributed by atoms with Crippen LogP contribution in [0.15, 0.2) is 35.3 Å². The van der Waals surface area contributed by atoms with Crippen molar-refractivity contribution in [1.29, 1.82) is 0 Å². The molecule has 0 aliphatic heterocycles. The topological polar surface area (TPSA) is 103 Å². The molecule has 0 spiro atoms. The summed E-state index contributed by atoms with van der Waals surface area (Å²) in [6.07, 6.45) is 2.33. The van der Waals surface area contributed by atoms with Gasteiger partial charge in [-0.3, -0.25) is 14.0 Å². The fourth-order valence-electron chi connectivity index (χ4n) is 2.68. The molecule has 1 amide bonds. The fourth-order valence-corrected chi connectivity index (χ4v) is 2.68. The minimum Gasteiger partial charge on any atom is -0.385 e. The highest BCUT2D eigenvalue weighted by Gasteiger charge is 2.22. The Morgan fingerprint density at radius 2 is 2.24 bits per heavy atom. The molecule has 3 aromatic rings. The summed E-state index contributed by atoms with van der Waals surface area (Å²) in [5.41, 5.74) is 7.06. The number of carbonyl (C=O) groups excluding carboxylic acids is 1. The third kappa shape index (κ3) is 3.03. The number of hydrogen-bond acceptors (Lipinski definition) is 5. The second-order valence-electron chi connectivity index (χ2n) is 5.69. The van der Waals surface area contributed by atoms with Gasteiger partial charge in [0.2, 0.25) is 11.5 Å². The first kappa shape index (κ1) is 16.8. The van der Waals surface area contributed by atoms with Gasteiger partial charge in [0.05, 0.1) is 7.05 Å². The zero-order chi connectivity index (χ0) is 18.0. The predicted octanol–water partition coefficient (Wildman–Crippen LogP) is 0.0207. The number of carbonyl (C=O) groups is 1. The van der Waals surface area contributed by atoms with Gasteiger partial charge in [-0.1, -0.05) is 11.1 Å². The number of nitrogens with zero attached hydrogens (tertiary/aromatic N) is 3. The molecule has 0 aliphatic carbocycles. The zero-order valence-corrected chi connectivity index (χ0v) is 14.2. The number of ether oxygens (including phenoxy) is 1. The normalized spacial score (nSPS) is 11.1. The van der Waals surface area contributed by atoms with Gasteiger partial charge >= 0.3 is 0 Å². The number of hydrogen-bond donors (Lipinski definition) is 2. The van der Waals surface area contributed by atoms with E-state index in [2.05, 4.69) is 10.3 Å². The lowest BCUT2D eigenvalue weighted by molar-refractivity contribution is -0.632. The molecule has 0 saturated carbocycles. The van der Waals surface area contributed by atoms with Crippen molar-refractivity contribution in [3.05, 3.63) is 46.4 Å². The highest BCUT2D eigenvalue weighted by molar-refractivity contribution is 6.00. The van der Waals surface area contributed by atoms with Crippen molar-refractivity contribution in [2.24, 2.45) is 7.05 Å². The van der Waals surface area contributed by atoms with Gasteiger partial charge in [0, 0.05) is 26.5 Å². The molecule has 130 valence electrons. The summed E-state index contributed by atoms with van der Waals surface area (Å²) in [6, 6.07) is 6.81. The summed E-state index contributed by atoms with van der Waals surface area (Å²) < 4.78 is 7.96. The lowest BCUT2D eigenvalue weighted by Crippen LogP contribution is -2.39. The van der Waals surface area contributed by atoms with Crippen LogP contribution in [0.3, 0.4) is 0 Å². The molecule has 3 rings (SSSR count). The average molecular weight is 342 g/mol. The van der Waals surface area contributed by atoms with Crippen molar-refractivity contribution < 1.29 is 14.1 Å². The van der Waals surface area contributed by atoms with Crippen LogP contribution in [0, 0.1) is 0 Å². The lowest BCUT2D eigenvalue weighted by Gasteiger charge is -2.09. The Balaban J connectivity index is 2.10. The molecule has 0 radical (unpaired) electrons. The molecule has 0 unspecified atom stereocenters. The van der Waals surface area contributed by atoms with Gasteiger partial charge in [0.1, 0.15) is 10.9 Å². The maximum absolute atomic E-state index is 12.7. The molecule has 0 saturated heterocycles. The van der Waals surface area contributed by atoms with E-state index < -0.39 is 0 Å². The largest absolute Gasteiger partial charge is 0.385 e. The van der Waals surface area contributed by atoms with E-state index in [1.807, 2.05) is 0 Å². The number of nitrogen functional groups attached to an aromatic ring is 1. The fraction of sp³-hybridized carbons (Fsp3) is 0.294. The number of pyridine rings is 2. The van der Waals surface area contributed by atoms with E-state index in [1.54, 1.807) is 43.1 Å². The highest BCUT2D eigenvalue weighted by Crippen LogP contribution is 2.13. The lowest BCUT2D eigenvalue weighted by atomic mass is 10.2. The minimum atomic E-state index is -0.330. The van der Waals surface area contributed by atoms with Crippen molar-refractivity contribution in [1.82, 2.24) is 14.7 Å². The maximum Gasteiger partial charge on any atom is 0.278 e. The molecule has 25 heavy (non-hydrogen) atoms. The Bertz CT molecular complexity index is 1010. The first-order chi connectivity index (χ1) is 12.0. The first-order valence-corrected chi connectivity index (χ1v) is 7.91. The number of methoxy groups -OCH3 is 1. The van der Waals surface area contributed by atoms with E-state index in [4.69, 9.17) is 10.5 Å². The molecule has 0 bridgehead atoms. The van der Waals surface area contributed by atoms with Gasteiger partial charge in [-0.2, -0.15) is 0 Å². The minimum absolute atomic E-state index is 0.246. The van der Waals surface area contributed by atoms with E-state index in [1.165, 1.54) is 10.5 Å². The van der Waals surface area contributed by atoms with Crippen LogP contribution in [0.2, 0.25) is 0 Å². The van der Waals surface area contributed by atoms with Gasteiger partial charge in [-0.15, -0.1) is 0 Å². The first-order valence-electron chi connectivity index (χ1n) is 7.91. The van der Waals surface area contributed by atoms with Crippen molar-refractivity contribution in [2.75, 3.05) is 26.0 Å². The molecular weight excluding hydrogens is 322 g/mol. The van der Waals surface area contributed by atoms with Crippen LogP contribution in [0.1, 0.15) is 16.8 Å². The van der Waals surface area contributed by atoms with Crippen LogP contribution >= 0.6 is 0 Å². The monoisotopic (exact) mass is 342 g/mol. The Morgan fingerprint density at radius 1 is 1.44 bits per heavy atom. The molecule has 8 heteroatoms. The smallest absolute Gasteiger partial charge is 0.278 e. The van der Waals surface area contributed by atoms with Gasteiger partial charge in [-0.05, 0) is 24.6 Å². The van der Waals surface area contributed by atoms with Gasteiger partial charge in [0.25, 0.3) is 17.1 Å².